The summed E-state index contributed by atoms with van der Waals surface area (Å²) in [5.74, 6) is 0. The lowest BCUT2D eigenvalue weighted by Gasteiger charge is -2.22. The quantitative estimate of drug-likeness (QED) is 0.187. The molecular formula is C47H33N. The van der Waals surface area contributed by atoms with Crippen LogP contribution in [0.15, 0.2) is 164 Å². The predicted octanol–water partition coefficient (Wildman–Crippen LogP) is 12.7. The van der Waals surface area contributed by atoms with Crippen LogP contribution in [0.3, 0.4) is 0 Å². The highest BCUT2D eigenvalue weighted by atomic mass is 15.0. The van der Waals surface area contributed by atoms with E-state index in [0.29, 0.717) is 0 Å². The van der Waals surface area contributed by atoms with Gasteiger partial charge in [0.2, 0.25) is 0 Å². The maximum absolute atomic E-state index is 2.45. The number of rotatable bonds is 3. The van der Waals surface area contributed by atoms with Crippen LogP contribution in [0.4, 0.5) is 0 Å². The number of aromatic nitrogens is 1. The van der Waals surface area contributed by atoms with Crippen LogP contribution in [0.5, 0.6) is 0 Å². The summed E-state index contributed by atoms with van der Waals surface area (Å²) in [6.45, 7) is 4.75. The summed E-state index contributed by atoms with van der Waals surface area (Å²) in [5.41, 5.74) is 14.1. The van der Waals surface area contributed by atoms with Gasteiger partial charge < -0.3 is 4.57 Å². The third kappa shape index (κ3) is 3.85. The van der Waals surface area contributed by atoms with E-state index in [1.165, 1.54) is 93.5 Å². The van der Waals surface area contributed by atoms with Gasteiger partial charge in [-0.2, -0.15) is 0 Å². The van der Waals surface area contributed by atoms with E-state index in [1.54, 1.807) is 0 Å². The summed E-state index contributed by atoms with van der Waals surface area (Å²) >= 11 is 0. The van der Waals surface area contributed by atoms with Crippen LogP contribution in [0.25, 0.3) is 82.4 Å². The number of para-hydroxylation sites is 1. The molecule has 1 aliphatic carbocycles. The number of benzene rings is 8. The Morgan fingerprint density at radius 3 is 1.98 bits per heavy atom. The highest BCUT2D eigenvalue weighted by molar-refractivity contribution is 6.11. The van der Waals surface area contributed by atoms with E-state index >= 15 is 0 Å². The molecule has 0 spiro atoms. The molecule has 0 bridgehead atoms. The number of fused-ring (bicyclic) bond motifs is 9. The molecule has 1 heterocycles. The molecule has 0 amide bonds. The molecule has 0 saturated heterocycles. The topological polar surface area (TPSA) is 4.93 Å². The summed E-state index contributed by atoms with van der Waals surface area (Å²) in [6.07, 6.45) is 0. The van der Waals surface area contributed by atoms with E-state index in [4.69, 9.17) is 0 Å². The van der Waals surface area contributed by atoms with Crippen LogP contribution in [0.1, 0.15) is 25.0 Å². The van der Waals surface area contributed by atoms with Crippen LogP contribution in [-0.2, 0) is 5.41 Å². The first kappa shape index (κ1) is 27.2. The highest BCUT2D eigenvalue weighted by Gasteiger charge is 2.36. The van der Waals surface area contributed by atoms with Crippen LogP contribution in [0.2, 0.25) is 0 Å². The van der Waals surface area contributed by atoms with Crippen LogP contribution in [0, 0.1) is 0 Å². The summed E-state index contributed by atoms with van der Waals surface area (Å²) in [7, 11) is 0. The Morgan fingerprint density at radius 2 is 1.08 bits per heavy atom. The second kappa shape index (κ2) is 10.0. The first-order valence-corrected chi connectivity index (χ1v) is 16.9. The molecule has 8 aromatic carbocycles. The second-order valence-electron chi connectivity index (χ2n) is 13.8. The molecule has 1 heteroatoms. The van der Waals surface area contributed by atoms with Gasteiger partial charge in [-0.15, -0.1) is 0 Å². The smallest absolute Gasteiger partial charge is 0.0541 e. The van der Waals surface area contributed by atoms with Crippen molar-refractivity contribution in [1.29, 1.82) is 0 Å². The van der Waals surface area contributed by atoms with Crippen molar-refractivity contribution in [3.05, 3.63) is 175 Å². The minimum Gasteiger partial charge on any atom is -0.309 e. The Hall–Kier alpha value is -5.92. The van der Waals surface area contributed by atoms with Crippen molar-refractivity contribution in [3.8, 4) is 39.1 Å². The molecule has 0 aliphatic heterocycles. The minimum absolute atomic E-state index is 0.0904. The van der Waals surface area contributed by atoms with E-state index in [9.17, 15) is 0 Å². The van der Waals surface area contributed by atoms with Gasteiger partial charge >= 0.3 is 0 Å². The van der Waals surface area contributed by atoms with E-state index in [0.717, 1.165) is 0 Å². The molecule has 226 valence electrons. The highest BCUT2D eigenvalue weighted by Crippen LogP contribution is 2.52. The van der Waals surface area contributed by atoms with E-state index in [2.05, 4.69) is 182 Å². The van der Waals surface area contributed by atoms with Crippen molar-refractivity contribution >= 4 is 43.4 Å². The zero-order valence-corrected chi connectivity index (χ0v) is 27.0. The summed E-state index contributed by atoms with van der Waals surface area (Å²) in [5, 5.41) is 7.68. The number of hydrogen-bond acceptors (Lipinski definition) is 0. The number of hydrogen-bond donors (Lipinski definition) is 0. The zero-order valence-electron chi connectivity index (χ0n) is 27.0. The first-order chi connectivity index (χ1) is 23.6. The van der Waals surface area contributed by atoms with Crippen LogP contribution >= 0.6 is 0 Å². The van der Waals surface area contributed by atoms with Gasteiger partial charge in [-0.25, -0.2) is 0 Å². The largest absolute Gasteiger partial charge is 0.309 e. The van der Waals surface area contributed by atoms with Gasteiger partial charge in [0.1, 0.15) is 0 Å². The Morgan fingerprint density at radius 1 is 0.396 bits per heavy atom. The van der Waals surface area contributed by atoms with Crippen LogP contribution in [-0.4, -0.2) is 4.57 Å². The standard InChI is InChI=1S/C47H33N/c1-47(2)42-24-21-34(37-17-10-14-31-13-6-7-15-36(31)37)28-41(42)46-39-29-35(23-19-32(39)20-25-43(46)47)48-44-18-9-8-16-38(44)40-27-33(22-26-45(40)48)30-11-4-3-5-12-30/h3-29H,1-2H3. The fraction of sp³-hybridized carbons (Fsp3) is 0.0638. The minimum atomic E-state index is -0.0904. The fourth-order valence-corrected chi connectivity index (χ4v) is 8.40. The fourth-order valence-electron chi connectivity index (χ4n) is 8.40. The lowest BCUT2D eigenvalue weighted by atomic mass is 9.81. The Bertz CT molecular complexity index is 2740. The first-order valence-electron chi connectivity index (χ1n) is 16.9. The molecule has 0 N–H and O–H groups in total. The van der Waals surface area contributed by atoms with Crippen molar-refractivity contribution < 1.29 is 0 Å². The van der Waals surface area contributed by atoms with Crippen molar-refractivity contribution in [3.63, 3.8) is 0 Å². The third-order valence-electron chi connectivity index (χ3n) is 10.8. The van der Waals surface area contributed by atoms with E-state index in [-0.39, 0.29) is 5.41 Å². The Balaban J connectivity index is 1.21. The monoisotopic (exact) mass is 611 g/mol. The molecule has 10 rings (SSSR count). The van der Waals surface area contributed by atoms with Gasteiger partial charge in [0.15, 0.2) is 0 Å². The van der Waals surface area contributed by atoms with Crippen molar-refractivity contribution in [2.75, 3.05) is 0 Å². The third-order valence-corrected chi connectivity index (χ3v) is 10.8. The normalized spacial score (nSPS) is 13.4. The molecule has 1 nitrogen and oxygen atoms in total. The SMILES string of the molecule is CC1(C)c2ccc(-c3cccc4ccccc34)cc2-c2c1ccc1ccc(-n3c4ccccc4c4cc(-c5ccccc5)ccc43)cc21. The molecule has 0 atom stereocenters. The van der Waals surface area contributed by atoms with Gasteiger partial charge in [-0.3, -0.25) is 0 Å². The van der Waals surface area contributed by atoms with Crippen molar-refractivity contribution in [2.45, 2.75) is 19.3 Å². The maximum Gasteiger partial charge on any atom is 0.0541 e. The average Bonchev–Trinajstić information content (AvgIpc) is 3.59. The lowest BCUT2D eigenvalue weighted by molar-refractivity contribution is 0.661. The zero-order chi connectivity index (χ0) is 32.0. The van der Waals surface area contributed by atoms with Gasteiger partial charge in [0, 0.05) is 21.9 Å². The molecule has 0 saturated carbocycles. The van der Waals surface area contributed by atoms with Crippen LogP contribution < -0.4 is 0 Å². The molecule has 1 aliphatic rings. The molecular weight excluding hydrogens is 579 g/mol. The summed E-state index contributed by atoms with van der Waals surface area (Å²) in [6, 6.07) is 60.6. The average molecular weight is 612 g/mol. The molecule has 48 heavy (non-hydrogen) atoms. The van der Waals surface area contributed by atoms with Crippen molar-refractivity contribution in [1.82, 2.24) is 4.57 Å². The summed E-state index contributed by atoms with van der Waals surface area (Å²) in [4.78, 5) is 0. The Kier molecular flexibility index (Phi) is 5.69. The summed E-state index contributed by atoms with van der Waals surface area (Å²) < 4.78 is 2.45. The van der Waals surface area contributed by atoms with Gasteiger partial charge in [0.25, 0.3) is 0 Å². The molecule has 9 aromatic rings. The molecule has 0 radical (unpaired) electrons. The molecule has 0 fully saturated rings. The van der Waals surface area contributed by atoms with E-state index < -0.39 is 0 Å². The number of nitrogens with zero attached hydrogens (tertiary/aromatic N) is 1. The maximum atomic E-state index is 2.45. The van der Waals surface area contributed by atoms with Gasteiger partial charge in [-0.1, -0.05) is 141 Å². The van der Waals surface area contributed by atoms with Crippen molar-refractivity contribution in [2.24, 2.45) is 0 Å². The van der Waals surface area contributed by atoms with Gasteiger partial charge in [0.05, 0.1) is 11.0 Å². The van der Waals surface area contributed by atoms with Gasteiger partial charge in [-0.05, 0) is 102 Å². The lowest BCUT2D eigenvalue weighted by Crippen LogP contribution is -2.14. The second-order valence-corrected chi connectivity index (χ2v) is 13.8. The predicted molar refractivity (Wildman–Crippen MR) is 204 cm³/mol. The molecule has 0 unspecified atom stereocenters. The Labute approximate surface area is 280 Å². The molecule has 1 aromatic heterocycles. The van der Waals surface area contributed by atoms with E-state index in [1.807, 2.05) is 0 Å².